The van der Waals surface area contributed by atoms with E-state index in [4.69, 9.17) is 0 Å². The molecule has 0 bridgehead atoms. The van der Waals surface area contributed by atoms with Gasteiger partial charge in [0, 0.05) is 11.3 Å². The number of ketones is 1. The van der Waals surface area contributed by atoms with E-state index in [1.165, 1.54) is 12.0 Å². The monoisotopic (exact) mass is 330 g/mol. The van der Waals surface area contributed by atoms with Crippen molar-refractivity contribution in [2.24, 2.45) is 40.4 Å². The molecule has 0 aromatic carbocycles. The zero-order chi connectivity index (χ0) is 17.3. The summed E-state index contributed by atoms with van der Waals surface area (Å²) in [5.41, 5.74) is 1.74. The molecule has 3 fully saturated rings. The first-order chi connectivity index (χ1) is 11.3. The van der Waals surface area contributed by atoms with Crippen LogP contribution in [0, 0.1) is 40.4 Å². The quantitative estimate of drug-likeness (QED) is 0.704. The lowest BCUT2D eigenvalue weighted by Crippen LogP contribution is -2.50. The smallest absolute Gasteiger partial charge is 0.142 e. The van der Waals surface area contributed by atoms with Crippen LogP contribution in [0.4, 0.5) is 0 Å². The molecule has 0 aromatic rings. The molecule has 0 amide bonds. The summed E-state index contributed by atoms with van der Waals surface area (Å²) in [6.45, 7) is 9.19. The Bertz CT molecular complexity index is 577. The Morgan fingerprint density at radius 3 is 2.54 bits per heavy atom. The Hall–Kier alpha value is -0.630. The molecule has 4 aliphatic rings. The largest absolute Gasteiger partial charge is 0.393 e. The average molecular weight is 331 g/mol. The fourth-order valence-electron chi connectivity index (χ4n) is 7.08. The number of rotatable bonds is 1. The lowest BCUT2D eigenvalue weighted by Gasteiger charge is -2.56. The molecule has 2 nitrogen and oxygen atoms in total. The van der Waals surface area contributed by atoms with Crippen LogP contribution in [-0.2, 0) is 4.79 Å². The van der Waals surface area contributed by atoms with Gasteiger partial charge in [-0.2, -0.15) is 0 Å². The normalized spacial score (nSPS) is 51.0. The van der Waals surface area contributed by atoms with Gasteiger partial charge in [-0.05, 0) is 74.0 Å². The molecule has 4 aliphatic carbocycles. The van der Waals surface area contributed by atoms with Gasteiger partial charge in [0.15, 0.2) is 0 Å². The molecule has 7 atom stereocenters. The number of allylic oxidation sites excluding steroid dienone is 1. The summed E-state index contributed by atoms with van der Waals surface area (Å²) in [5, 5.41) is 10.1. The number of carbonyl (C=O) groups excluding carboxylic acids is 1. The minimum Gasteiger partial charge on any atom is -0.393 e. The Kier molecular flexibility index (Phi) is 3.81. The molecule has 134 valence electrons. The van der Waals surface area contributed by atoms with Crippen molar-refractivity contribution in [3.05, 3.63) is 11.6 Å². The van der Waals surface area contributed by atoms with Crippen LogP contribution in [0.2, 0.25) is 0 Å². The molecule has 4 rings (SSSR count). The van der Waals surface area contributed by atoms with Gasteiger partial charge in [-0.15, -0.1) is 0 Å². The third-order valence-electron chi connectivity index (χ3n) is 8.68. The predicted molar refractivity (Wildman–Crippen MR) is 96.4 cm³/mol. The molecule has 1 N–H and O–H groups in total. The summed E-state index contributed by atoms with van der Waals surface area (Å²) in [7, 11) is 0. The number of hydrogen-bond acceptors (Lipinski definition) is 2. The highest BCUT2D eigenvalue weighted by Crippen LogP contribution is 2.65. The first kappa shape index (κ1) is 16.8. The second kappa shape index (κ2) is 5.43. The molecular weight excluding hydrogens is 296 g/mol. The highest BCUT2D eigenvalue weighted by Gasteiger charge is 2.61. The van der Waals surface area contributed by atoms with E-state index in [9.17, 15) is 9.90 Å². The zero-order valence-electron chi connectivity index (χ0n) is 15.8. The van der Waals surface area contributed by atoms with Crippen molar-refractivity contribution in [1.82, 2.24) is 0 Å². The number of aliphatic hydroxyl groups is 1. The Morgan fingerprint density at radius 2 is 1.83 bits per heavy atom. The molecule has 3 saturated carbocycles. The van der Waals surface area contributed by atoms with Gasteiger partial charge < -0.3 is 5.11 Å². The van der Waals surface area contributed by atoms with Crippen molar-refractivity contribution >= 4 is 5.78 Å². The van der Waals surface area contributed by atoms with Crippen LogP contribution in [0.3, 0.4) is 0 Å². The lowest BCUT2D eigenvalue weighted by molar-refractivity contribution is -0.135. The van der Waals surface area contributed by atoms with E-state index in [0.717, 1.165) is 44.4 Å². The maximum absolute atomic E-state index is 13.1. The SMILES string of the molecule is CC(C)[C@H]1C[C@@H]2[C@H]3CC=C4C[C@@H](O)CC[C@]4(C)[C@@H]3CC[C@]2(C)C1=O. The van der Waals surface area contributed by atoms with Gasteiger partial charge in [0.25, 0.3) is 0 Å². The van der Waals surface area contributed by atoms with E-state index in [1.54, 1.807) is 0 Å². The van der Waals surface area contributed by atoms with Crippen LogP contribution in [0.25, 0.3) is 0 Å². The number of fused-ring (bicyclic) bond motifs is 5. The Morgan fingerprint density at radius 1 is 1.12 bits per heavy atom. The van der Waals surface area contributed by atoms with Crippen LogP contribution in [0.5, 0.6) is 0 Å². The third kappa shape index (κ3) is 2.14. The topological polar surface area (TPSA) is 37.3 Å². The fraction of sp³-hybridized carbons (Fsp3) is 0.864. The highest BCUT2D eigenvalue weighted by molar-refractivity contribution is 5.89. The first-order valence-corrected chi connectivity index (χ1v) is 10.2. The number of hydrogen-bond donors (Lipinski definition) is 1. The van der Waals surface area contributed by atoms with Crippen LogP contribution in [0.15, 0.2) is 11.6 Å². The van der Waals surface area contributed by atoms with Crippen molar-refractivity contribution in [3.63, 3.8) is 0 Å². The summed E-state index contributed by atoms with van der Waals surface area (Å²) in [6.07, 6.45) is 9.85. The summed E-state index contributed by atoms with van der Waals surface area (Å²) < 4.78 is 0. The number of Topliss-reactive ketones (excluding diaryl/α,β-unsaturated/α-hetero) is 1. The molecule has 0 aliphatic heterocycles. The van der Waals surface area contributed by atoms with Crippen molar-refractivity contribution in [2.45, 2.75) is 78.7 Å². The molecule has 0 heterocycles. The van der Waals surface area contributed by atoms with E-state index in [0.29, 0.717) is 23.5 Å². The lowest BCUT2D eigenvalue weighted by atomic mass is 9.48. The van der Waals surface area contributed by atoms with Crippen molar-refractivity contribution in [3.8, 4) is 0 Å². The molecular formula is C22H34O2. The van der Waals surface area contributed by atoms with E-state index in [-0.39, 0.29) is 22.9 Å². The summed E-state index contributed by atoms with van der Waals surface area (Å²) >= 11 is 0. The molecule has 0 unspecified atom stereocenters. The van der Waals surface area contributed by atoms with Gasteiger partial charge in [-0.1, -0.05) is 39.3 Å². The van der Waals surface area contributed by atoms with Gasteiger partial charge in [0.1, 0.15) is 5.78 Å². The summed E-state index contributed by atoms with van der Waals surface area (Å²) in [5.74, 6) is 3.32. The fourth-order valence-corrected chi connectivity index (χ4v) is 7.08. The van der Waals surface area contributed by atoms with E-state index < -0.39 is 0 Å². The predicted octanol–water partition coefficient (Wildman–Crippen LogP) is 4.76. The minimum atomic E-state index is -0.131. The van der Waals surface area contributed by atoms with Crippen LogP contribution >= 0.6 is 0 Å². The van der Waals surface area contributed by atoms with Gasteiger partial charge in [0.05, 0.1) is 6.10 Å². The maximum atomic E-state index is 13.1. The summed E-state index contributed by atoms with van der Waals surface area (Å²) in [4.78, 5) is 13.1. The Balaban J connectivity index is 1.68. The molecule has 0 saturated heterocycles. The molecule has 0 spiro atoms. The number of carbonyl (C=O) groups is 1. The standard InChI is InChI=1S/C22H34O2/c1-13(2)17-12-19-16-6-5-14-11-15(23)7-9-21(14,3)18(16)8-10-22(19,4)20(17)24/h5,13,15-19,23H,6-12H2,1-4H3/t15-,16-,17+,18+,19+,21-,22-/m0/s1. The first-order valence-electron chi connectivity index (χ1n) is 10.2. The summed E-state index contributed by atoms with van der Waals surface area (Å²) in [6, 6.07) is 0. The van der Waals surface area contributed by atoms with Gasteiger partial charge in [0.2, 0.25) is 0 Å². The molecule has 2 heteroatoms. The minimum absolute atomic E-state index is 0.0635. The molecule has 0 aromatic heterocycles. The maximum Gasteiger partial charge on any atom is 0.142 e. The highest BCUT2D eigenvalue weighted by atomic mass is 16.3. The molecule has 0 radical (unpaired) electrons. The number of aliphatic hydroxyl groups excluding tert-OH is 1. The molecule has 24 heavy (non-hydrogen) atoms. The van der Waals surface area contributed by atoms with Crippen LogP contribution < -0.4 is 0 Å². The van der Waals surface area contributed by atoms with Crippen LogP contribution in [0.1, 0.15) is 72.6 Å². The van der Waals surface area contributed by atoms with E-state index in [2.05, 4.69) is 33.8 Å². The van der Waals surface area contributed by atoms with Gasteiger partial charge in [-0.25, -0.2) is 0 Å². The second-order valence-electron chi connectivity index (χ2n) is 10.1. The third-order valence-corrected chi connectivity index (χ3v) is 8.68. The zero-order valence-corrected chi connectivity index (χ0v) is 15.8. The van der Waals surface area contributed by atoms with Gasteiger partial charge >= 0.3 is 0 Å². The van der Waals surface area contributed by atoms with Crippen molar-refractivity contribution < 1.29 is 9.90 Å². The van der Waals surface area contributed by atoms with E-state index >= 15 is 0 Å². The van der Waals surface area contributed by atoms with Crippen molar-refractivity contribution in [1.29, 1.82) is 0 Å². The Labute approximate surface area is 147 Å². The van der Waals surface area contributed by atoms with E-state index in [1.807, 2.05) is 0 Å². The average Bonchev–Trinajstić information content (AvgIpc) is 2.80. The van der Waals surface area contributed by atoms with Gasteiger partial charge in [-0.3, -0.25) is 4.79 Å². The van der Waals surface area contributed by atoms with Crippen molar-refractivity contribution in [2.75, 3.05) is 0 Å². The second-order valence-corrected chi connectivity index (χ2v) is 10.1. The van der Waals surface area contributed by atoms with Crippen LogP contribution in [-0.4, -0.2) is 17.0 Å².